The number of anilines is 2. The van der Waals surface area contributed by atoms with Crippen LogP contribution in [-0.2, 0) is 4.79 Å². The largest absolute Gasteiger partial charge is 0.490 e. The zero-order valence-corrected chi connectivity index (χ0v) is 18.4. The first-order chi connectivity index (χ1) is 16.6. The molecule has 0 aliphatic heterocycles. The fraction of sp³-hybridized carbons (Fsp3) is 0.0952. The Morgan fingerprint density at radius 2 is 1.91 bits per heavy atom. The van der Waals surface area contributed by atoms with Crippen molar-refractivity contribution in [1.29, 1.82) is 0 Å². The molecule has 180 valence electrons. The summed E-state index contributed by atoms with van der Waals surface area (Å²) in [7, 11) is 0. The number of oxazole rings is 1. The van der Waals surface area contributed by atoms with Gasteiger partial charge in [0.2, 0.25) is 11.0 Å². The van der Waals surface area contributed by atoms with Gasteiger partial charge in [0.25, 0.3) is 0 Å². The molecule has 3 aromatic heterocycles. The van der Waals surface area contributed by atoms with Crippen LogP contribution >= 0.6 is 11.5 Å². The van der Waals surface area contributed by atoms with Crippen molar-refractivity contribution in [2.24, 2.45) is 0 Å². The minimum absolute atomic E-state index is 0.320. The minimum Gasteiger partial charge on any atom is -0.475 e. The molecule has 0 unspecified atom stereocenters. The van der Waals surface area contributed by atoms with E-state index >= 15 is 0 Å². The lowest BCUT2D eigenvalue weighted by Gasteiger charge is -2.03. The molecule has 0 aliphatic rings. The topological polar surface area (TPSA) is 130 Å². The van der Waals surface area contributed by atoms with E-state index in [2.05, 4.69) is 29.9 Å². The number of rotatable bonds is 4. The number of carboxylic acids is 1. The van der Waals surface area contributed by atoms with Crippen molar-refractivity contribution in [3.8, 4) is 22.8 Å². The van der Waals surface area contributed by atoms with Crippen LogP contribution in [0.2, 0.25) is 0 Å². The number of halogens is 4. The average molecular weight is 506 g/mol. The number of nitrogens with one attached hydrogen (secondary N) is 2. The number of carbonyl (C=O) groups is 1. The van der Waals surface area contributed by atoms with Crippen molar-refractivity contribution in [1.82, 2.24) is 24.5 Å². The first-order valence-electron chi connectivity index (χ1n) is 9.66. The second-order valence-corrected chi connectivity index (χ2v) is 7.77. The molecular weight excluding hydrogens is 492 g/mol. The van der Waals surface area contributed by atoms with Crippen LogP contribution in [0.4, 0.5) is 28.4 Å². The van der Waals surface area contributed by atoms with Gasteiger partial charge in [0.15, 0.2) is 5.82 Å². The summed E-state index contributed by atoms with van der Waals surface area (Å²) in [6.45, 7) is 1.87. The lowest BCUT2D eigenvalue weighted by molar-refractivity contribution is -0.192. The molecule has 3 N–H and O–H groups in total. The predicted octanol–water partition coefficient (Wildman–Crippen LogP) is 5.56. The highest BCUT2D eigenvalue weighted by molar-refractivity contribution is 7.09. The number of H-pyrrole nitrogens is 1. The molecule has 0 amide bonds. The van der Waals surface area contributed by atoms with Crippen molar-refractivity contribution in [3.63, 3.8) is 0 Å². The maximum absolute atomic E-state index is 14.3. The molecule has 0 fully saturated rings. The first kappa shape index (κ1) is 23.8. The van der Waals surface area contributed by atoms with E-state index in [0.717, 1.165) is 33.7 Å². The molecule has 0 saturated carbocycles. The van der Waals surface area contributed by atoms with Crippen LogP contribution in [0, 0.1) is 12.7 Å². The van der Waals surface area contributed by atoms with Crippen molar-refractivity contribution in [2.75, 3.05) is 5.32 Å². The third kappa shape index (κ3) is 5.60. The van der Waals surface area contributed by atoms with Crippen molar-refractivity contribution < 1.29 is 31.9 Å². The van der Waals surface area contributed by atoms with Crippen LogP contribution in [0.25, 0.3) is 33.7 Å². The van der Waals surface area contributed by atoms with Crippen molar-refractivity contribution >= 4 is 39.2 Å². The molecule has 0 saturated heterocycles. The van der Waals surface area contributed by atoms with Gasteiger partial charge in [-0.25, -0.2) is 14.2 Å². The maximum atomic E-state index is 14.3. The highest BCUT2D eigenvalue weighted by Gasteiger charge is 2.38. The van der Waals surface area contributed by atoms with E-state index in [1.54, 1.807) is 18.5 Å². The quantitative estimate of drug-likeness (QED) is 0.270. The number of benzene rings is 2. The number of hydrogen-bond donors (Lipinski definition) is 3. The normalized spacial score (nSPS) is 11.2. The number of aliphatic carboxylic acids is 1. The van der Waals surface area contributed by atoms with E-state index < -0.39 is 18.0 Å². The molecular formula is C21H14F4N6O3S. The lowest BCUT2D eigenvalue weighted by atomic mass is 10.1. The van der Waals surface area contributed by atoms with Crippen LogP contribution in [0.15, 0.2) is 53.3 Å². The summed E-state index contributed by atoms with van der Waals surface area (Å²) in [5.74, 6) is -2.06. The highest BCUT2D eigenvalue weighted by Crippen LogP contribution is 2.29. The number of fused-ring (bicyclic) bond motifs is 1. The van der Waals surface area contributed by atoms with Crippen LogP contribution < -0.4 is 5.32 Å². The van der Waals surface area contributed by atoms with Gasteiger partial charge in [-0.05, 0) is 25.1 Å². The molecule has 2 aromatic carbocycles. The lowest BCUT2D eigenvalue weighted by Crippen LogP contribution is -2.21. The molecule has 5 aromatic rings. The number of alkyl halides is 3. The number of aryl methyl sites for hydroxylation is 1. The molecule has 5 rings (SSSR count). The van der Waals surface area contributed by atoms with E-state index in [1.807, 2.05) is 31.2 Å². The Kier molecular flexibility index (Phi) is 6.46. The summed E-state index contributed by atoms with van der Waals surface area (Å²) in [5.41, 5.74) is 3.44. The Balaban J connectivity index is 0.000000364. The Morgan fingerprint density at radius 3 is 2.60 bits per heavy atom. The Morgan fingerprint density at radius 1 is 1.17 bits per heavy atom. The molecule has 0 atom stereocenters. The predicted molar refractivity (Wildman–Crippen MR) is 119 cm³/mol. The summed E-state index contributed by atoms with van der Waals surface area (Å²) in [6.07, 6.45) is -1.84. The number of hydrogen-bond acceptors (Lipinski definition) is 8. The smallest absolute Gasteiger partial charge is 0.475 e. The summed E-state index contributed by atoms with van der Waals surface area (Å²) < 4.78 is 55.9. The fourth-order valence-corrected chi connectivity index (χ4v) is 3.45. The molecule has 0 aliphatic carbocycles. The average Bonchev–Trinajstić information content (AvgIpc) is 3.55. The number of aromatic nitrogens is 5. The van der Waals surface area contributed by atoms with Gasteiger partial charge >= 0.3 is 12.1 Å². The van der Waals surface area contributed by atoms with Crippen molar-refractivity contribution in [3.05, 3.63) is 60.4 Å². The number of carboxylic acid groups (broad SMARTS) is 1. The van der Waals surface area contributed by atoms with E-state index in [4.69, 9.17) is 14.3 Å². The van der Waals surface area contributed by atoms with E-state index in [-0.39, 0.29) is 0 Å². The van der Waals surface area contributed by atoms with Crippen molar-refractivity contribution in [2.45, 2.75) is 13.1 Å². The molecule has 35 heavy (non-hydrogen) atoms. The number of nitrogens with zero attached hydrogens (tertiary/aromatic N) is 4. The third-order valence-corrected chi connectivity index (χ3v) is 5.06. The van der Waals surface area contributed by atoms with Crippen LogP contribution in [0.1, 0.15) is 5.69 Å². The van der Waals surface area contributed by atoms with Gasteiger partial charge in [0.05, 0.1) is 23.1 Å². The monoisotopic (exact) mass is 506 g/mol. The summed E-state index contributed by atoms with van der Waals surface area (Å²) in [5, 5.41) is 18.1. The van der Waals surface area contributed by atoms with E-state index in [9.17, 15) is 17.6 Å². The zero-order valence-electron chi connectivity index (χ0n) is 17.6. The Hall–Kier alpha value is -4.33. The second kappa shape index (κ2) is 9.50. The first-order valence-corrected chi connectivity index (χ1v) is 10.4. The minimum atomic E-state index is -5.08. The molecule has 0 bridgehead atoms. The Bertz CT molecular complexity index is 1490. The molecule has 0 spiro atoms. The fourth-order valence-electron chi connectivity index (χ4n) is 2.85. The van der Waals surface area contributed by atoms with Gasteiger partial charge in [-0.3, -0.25) is 5.10 Å². The summed E-state index contributed by atoms with van der Waals surface area (Å²) >= 11 is 1.16. The second-order valence-electron chi connectivity index (χ2n) is 7.02. The van der Waals surface area contributed by atoms with Gasteiger partial charge in [-0.1, -0.05) is 12.1 Å². The molecule has 3 heterocycles. The van der Waals surface area contributed by atoms with Gasteiger partial charge in [0.1, 0.15) is 12.1 Å². The van der Waals surface area contributed by atoms with Crippen LogP contribution in [-0.4, -0.2) is 41.8 Å². The molecule has 14 heteroatoms. The Labute approximate surface area is 197 Å². The summed E-state index contributed by atoms with van der Waals surface area (Å²) in [6, 6.07) is 10.7. The van der Waals surface area contributed by atoms with Gasteiger partial charge in [0, 0.05) is 34.1 Å². The SMILES string of the molecule is Cc1coc(-c2cccc(-c3nsc(Nc4cc5cn[nH]c5cc4F)n3)c2)n1.O=C(O)C(F)(F)F. The molecule has 0 radical (unpaired) electrons. The zero-order chi connectivity index (χ0) is 25.2. The van der Waals surface area contributed by atoms with Gasteiger partial charge < -0.3 is 14.8 Å². The van der Waals surface area contributed by atoms with Crippen LogP contribution in [0.5, 0.6) is 0 Å². The highest BCUT2D eigenvalue weighted by atomic mass is 32.1. The van der Waals surface area contributed by atoms with Crippen LogP contribution in [0.3, 0.4) is 0 Å². The number of aromatic amines is 1. The molecule has 9 nitrogen and oxygen atoms in total. The summed E-state index contributed by atoms with van der Waals surface area (Å²) in [4.78, 5) is 17.7. The third-order valence-electron chi connectivity index (χ3n) is 4.42. The van der Waals surface area contributed by atoms with Gasteiger partial charge in [-0.15, -0.1) is 0 Å². The van der Waals surface area contributed by atoms with Gasteiger partial charge in [-0.2, -0.15) is 27.6 Å². The van der Waals surface area contributed by atoms with E-state index in [1.165, 1.54) is 6.07 Å². The standard InChI is InChI=1S/C19H13FN6OS.C2HF3O2/c1-10-9-27-18(22-10)12-4-2-3-11(5-12)17-24-19(28-26-17)23-16-6-13-8-21-25-15(13)7-14(16)20;3-2(4,5)1(6)7/h2-9H,1H3,(H,21,25)(H,23,24,26);(H,6,7). The maximum Gasteiger partial charge on any atom is 0.490 e. The van der Waals surface area contributed by atoms with E-state index in [0.29, 0.717) is 28.1 Å².